The molecule has 104 valence electrons. The van der Waals surface area contributed by atoms with Crippen LogP contribution >= 0.6 is 0 Å². The van der Waals surface area contributed by atoms with Gasteiger partial charge in [-0.05, 0) is 18.1 Å². The lowest BCUT2D eigenvalue weighted by molar-refractivity contribution is 0.0624. The zero-order chi connectivity index (χ0) is 13.8. The summed E-state index contributed by atoms with van der Waals surface area (Å²) in [6, 6.07) is 3.36. The van der Waals surface area contributed by atoms with Gasteiger partial charge in [-0.2, -0.15) is 0 Å². The largest absolute Gasteiger partial charge is 0.384 e. The van der Waals surface area contributed by atoms with E-state index in [9.17, 15) is 4.79 Å². The molecule has 19 heavy (non-hydrogen) atoms. The van der Waals surface area contributed by atoms with Crippen LogP contribution in [-0.4, -0.2) is 53.4 Å². The number of nitrogens with two attached hydrogens (primary N) is 1. The van der Waals surface area contributed by atoms with E-state index in [1.54, 1.807) is 18.3 Å². The second kappa shape index (κ2) is 6.02. The molecular weight excluding hydrogens is 240 g/mol. The van der Waals surface area contributed by atoms with Crippen molar-refractivity contribution in [2.75, 3.05) is 38.5 Å². The second-order valence-corrected chi connectivity index (χ2v) is 5.46. The van der Waals surface area contributed by atoms with Crippen LogP contribution in [0.5, 0.6) is 0 Å². The van der Waals surface area contributed by atoms with Gasteiger partial charge in [0.15, 0.2) is 0 Å². The molecule has 0 atom stereocenters. The number of rotatable bonds is 3. The van der Waals surface area contributed by atoms with Crippen molar-refractivity contribution in [3.05, 3.63) is 23.9 Å². The first-order valence-electron chi connectivity index (χ1n) is 6.79. The third-order valence-corrected chi connectivity index (χ3v) is 3.31. The van der Waals surface area contributed by atoms with Crippen LogP contribution in [0.25, 0.3) is 0 Å². The Bertz CT molecular complexity index is 439. The van der Waals surface area contributed by atoms with Gasteiger partial charge in [0.25, 0.3) is 5.91 Å². The number of nitrogen functional groups attached to an aromatic ring is 1. The minimum Gasteiger partial charge on any atom is -0.384 e. The number of aromatic nitrogens is 1. The van der Waals surface area contributed by atoms with Gasteiger partial charge in [0.1, 0.15) is 5.82 Å². The zero-order valence-electron chi connectivity index (χ0n) is 11.7. The Labute approximate surface area is 114 Å². The van der Waals surface area contributed by atoms with Gasteiger partial charge in [-0.3, -0.25) is 9.69 Å². The zero-order valence-corrected chi connectivity index (χ0v) is 11.7. The highest BCUT2D eigenvalue weighted by atomic mass is 16.2. The topological polar surface area (TPSA) is 62.5 Å². The Balaban J connectivity index is 1.92. The molecule has 0 unspecified atom stereocenters. The Hall–Kier alpha value is -1.62. The smallest absolute Gasteiger partial charge is 0.254 e. The SMILES string of the molecule is CC(C)CN1CCN(C(=O)c2ccnc(N)c2)CC1. The summed E-state index contributed by atoms with van der Waals surface area (Å²) in [7, 11) is 0. The van der Waals surface area contributed by atoms with Crippen LogP contribution in [0.15, 0.2) is 18.3 Å². The Morgan fingerprint density at radius 1 is 1.37 bits per heavy atom. The van der Waals surface area contributed by atoms with Crippen molar-refractivity contribution in [1.29, 1.82) is 0 Å². The number of carbonyl (C=O) groups is 1. The highest BCUT2D eigenvalue weighted by Gasteiger charge is 2.22. The van der Waals surface area contributed by atoms with Crippen molar-refractivity contribution in [3.8, 4) is 0 Å². The van der Waals surface area contributed by atoms with E-state index in [0.29, 0.717) is 17.3 Å². The Morgan fingerprint density at radius 3 is 2.63 bits per heavy atom. The monoisotopic (exact) mass is 262 g/mol. The standard InChI is InChI=1S/C14H22N4O/c1-11(2)10-17-5-7-18(8-6-17)14(19)12-3-4-16-13(15)9-12/h3-4,9,11H,5-8,10H2,1-2H3,(H2,15,16). The number of carbonyl (C=O) groups excluding carboxylic acids is 1. The first kappa shape index (κ1) is 13.8. The molecule has 1 saturated heterocycles. The molecule has 5 heteroatoms. The number of anilines is 1. The molecule has 2 rings (SSSR count). The normalized spacial score (nSPS) is 16.9. The van der Waals surface area contributed by atoms with Gasteiger partial charge < -0.3 is 10.6 Å². The molecule has 1 aromatic rings. The first-order valence-corrected chi connectivity index (χ1v) is 6.79. The van der Waals surface area contributed by atoms with Gasteiger partial charge in [0.05, 0.1) is 0 Å². The molecule has 0 aliphatic carbocycles. The van der Waals surface area contributed by atoms with Gasteiger partial charge in [-0.1, -0.05) is 13.8 Å². The van der Waals surface area contributed by atoms with E-state index in [1.165, 1.54) is 0 Å². The van der Waals surface area contributed by atoms with Crippen molar-refractivity contribution >= 4 is 11.7 Å². The first-order chi connectivity index (χ1) is 9.06. The number of pyridine rings is 1. The lowest BCUT2D eigenvalue weighted by Gasteiger charge is -2.35. The van der Waals surface area contributed by atoms with E-state index < -0.39 is 0 Å². The highest BCUT2D eigenvalue weighted by molar-refractivity contribution is 5.94. The fourth-order valence-electron chi connectivity index (χ4n) is 2.41. The minimum absolute atomic E-state index is 0.0540. The molecule has 5 nitrogen and oxygen atoms in total. The van der Waals surface area contributed by atoms with E-state index >= 15 is 0 Å². The predicted octanol–water partition coefficient (Wildman–Crippen LogP) is 1.08. The van der Waals surface area contributed by atoms with E-state index in [1.807, 2.05) is 4.90 Å². The van der Waals surface area contributed by atoms with Gasteiger partial charge in [-0.25, -0.2) is 4.98 Å². The second-order valence-electron chi connectivity index (χ2n) is 5.46. The average molecular weight is 262 g/mol. The van der Waals surface area contributed by atoms with Crippen LogP contribution in [0, 0.1) is 5.92 Å². The van der Waals surface area contributed by atoms with Crippen LogP contribution in [-0.2, 0) is 0 Å². The van der Waals surface area contributed by atoms with Crippen molar-refractivity contribution in [2.45, 2.75) is 13.8 Å². The molecule has 0 spiro atoms. The molecule has 0 bridgehead atoms. The molecule has 0 aromatic carbocycles. The number of amides is 1. The maximum absolute atomic E-state index is 12.3. The quantitative estimate of drug-likeness (QED) is 0.885. The molecule has 1 fully saturated rings. The summed E-state index contributed by atoms with van der Waals surface area (Å²) in [5.74, 6) is 1.12. The van der Waals surface area contributed by atoms with Crippen molar-refractivity contribution in [2.24, 2.45) is 5.92 Å². The lowest BCUT2D eigenvalue weighted by atomic mass is 10.1. The summed E-state index contributed by atoms with van der Waals surface area (Å²) in [5, 5.41) is 0. The van der Waals surface area contributed by atoms with Crippen LogP contribution in [0.1, 0.15) is 24.2 Å². The summed E-state index contributed by atoms with van der Waals surface area (Å²) in [6.45, 7) is 9.01. The summed E-state index contributed by atoms with van der Waals surface area (Å²) >= 11 is 0. The maximum atomic E-state index is 12.3. The van der Waals surface area contributed by atoms with Crippen LogP contribution in [0.3, 0.4) is 0 Å². The fraction of sp³-hybridized carbons (Fsp3) is 0.571. The third-order valence-electron chi connectivity index (χ3n) is 3.31. The number of piperazine rings is 1. The summed E-state index contributed by atoms with van der Waals surface area (Å²) < 4.78 is 0. The van der Waals surface area contributed by atoms with E-state index in [2.05, 4.69) is 23.7 Å². The molecule has 1 aromatic heterocycles. The third kappa shape index (κ3) is 3.67. The molecule has 0 saturated carbocycles. The van der Waals surface area contributed by atoms with Crippen molar-refractivity contribution < 1.29 is 4.79 Å². The van der Waals surface area contributed by atoms with Crippen LogP contribution in [0.4, 0.5) is 5.82 Å². The molecule has 1 aliphatic rings. The number of hydrogen-bond donors (Lipinski definition) is 1. The Kier molecular flexibility index (Phi) is 4.37. The maximum Gasteiger partial charge on any atom is 0.254 e. The Morgan fingerprint density at radius 2 is 2.05 bits per heavy atom. The van der Waals surface area contributed by atoms with E-state index in [-0.39, 0.29) is 5.91 Å². The average Bonchev–Trinajstić information content (AvgIpc) is 2.38. The molecule has 1 amide bonds. The predicted molar refractivity (Wildman–Crippen MR) is 75.8 cm³/mol. The number of nitrogens with zero attached hydrogens (tertiary/aromatic N) is 3. The van der Waals surface area contributed by atoms with Crippen molar-refractivity contribution in [1.82, 2.24) is 14.8 Å². The van der Waals surface area contributed by atoms with Crippen LogP contribution in [0.2, 0.25) is 0 Å². The summed E-state index contributed by atoms with van der Waals surface area (Å²) in [4.78, 5) is 20.5. The van der Waals surface area contributed by atoms with E-state index in [4.69, 9.17) is 5.73 Å². The fourth-order valence-corrected chi connectivity index (χ4v) is 2.41. The van der Waals surface area contributed by atoms with E-state index in [0.717, 1.165) is 32.7 Å². The molecular formula is C14H22N4O. The highest BCUT2D eigenvalue weighted by Crippen LogP contribution is 2.11. The summed E-state index contributed by atoms with van der Waals surface area (Å²) in [6.07, 6.45) is 1.58. The van der Waals surface area contributed by atoms with Crippen molar-refractivity contribution in [3.63, 3.8) is 0 Å². The van der Waals surface area contributed by atoms with Gasteiger partial charge in [-0.15, -0.1) is 0 Å². The molecule has 0 radical (unpaired) electrons. The molecule has 1 aliphatic heterocycles. The minimum atomic E-state index is 0.0540. The van der Waals surface area contributed by atoms with Gasteiger partial charge in [0.2, 0.25) is 0 Å². The lowest BCUT2D eigenvalue weighted by Crippen LogP contribution is -2.49. The molecule has 2 N–H and O–H groups in total. The number of hydrogen-bond acceptors (Lipinski definition) is 4. The van der Waals surface area contributed by atoms with Crippen LogP contribution < -0.4 is 5.73 Å². The summed E-state index contributed by atoms with van der Waals surface area (Å²) in [5.41, 5.74) is 6.24. The van der Waals surface area contributed by atoms with Gasteiger partial charge in [0, 0.05) is 44.5 Å². The van der Waals surface area contributed by atoms with Gasteiger partial charge >= 0.3 is 0 Å². The molecule has 2 heterocycles.